The van der Waals surface area contributed by atoms with Crippen LogP contribution in [0.25, 0.3) is 10.8 Å². The average Bonchev–Trinajstić information content (AvgIpc) is 2.42. The fraction of sp³-hybridized carbons (Fsp3) is 0.286. The summed E-state index contributed by atoms with van der Waals surface area (Å²) in [5.74, 6) is 0.0230. The van der Waals surface area contributed by atoms with Crippen molar-refractivity contribution < 1.29 is 13.5 Å². The number of hydrogen-bond acceptors (Lipinski definition) is 3. The molecule has 0 fully saturated rings. The van der Waals surface area contributed by atoms with E-state index >= 15 is 0 Å². The van der Waals surface area contributed by atoms with Crippen LogP contribution in [0, 0.1) is 0 Å². The van der Waals surface area contributed by atoms with Crippen LogP contribution in [0.2, 0.25) is 5.02 Å². The van der Waals surface area contributed by atoms with Gasteiger partial charge in [0.1, 0.15) is 5.75 Å². The molecular formula is C14H16ClNO3S. The molecule has 0 atom stereocenters. The van der Waals surface area contributed by atoms with Crippen molar-refractivity contribution in [1.82, 2.24) is 0 Å². The van der Waals surface area contributed by atoms with Crippen LogP contribution in [-0.4, -0.2) is 19.3 Å². The van der Waals surface area contributed by atoms with Crippen molar-refractivity contribution in [2.45, 2.75) is 19.8 Å². The lowest BCUT2D eigenvalue weighted by molar-refractivity contribution is 0.482. The van der Waals surface area contributed by atoms with E-state index in [1.807, 2.05) is 6.92 Å². The lowest BCUT2D eigenvalue weighted by atomic mass is 10.1. The molecule has 0 heterocycles. The van der Waals surface area contributed by atoms with Gasteiger partial charge in [-0.15, -0.1) is 0 Å². The quantitative estimate of drug-likeness (QED) is 0.826. The van der Waals surface area contributed by atoms with Gasteiger partial charge in [-0.1, -0.05) is 49.2 Å². The molecule has 0 aliphatic rings. The molecule has 6 heteroatoms. The van der Waals surface area contributed by atoms with Crippen LogP contribution in [0.5, 0.6) is 5.75 Å². The number of hydrogen-bond donors (Lipinski definition) is 2. The van der Waals surface area contributed by atoms with E-state index in [1.54, 1.807) is 24.3 Å². The van der Waals surface area contributed by atoms with Crippen LogP contribution in [0.15, 0.2) is 30.3 Å². The van der Waals surface area contributed by atoms with E-state index in [0.29, 0.717) is 22.9 Å². The van der Waals surface area contributed by atoms with Gasteiger partial charge in [-0.3, -0.25) is 4.72 Å². The molecule has 0 aliphatic heterocycles. The molecular weight excluding hydrogens is 298 g/mol. The summed E-state index contributed by atoms with van der Waals surface area (Å²) in [4.78, 5) is 0. The zero-order valence-corrected chi connectivity index (χ0v) is 12.6. The first-order valence-electron chi connectivity index (χ1n) is 6.35. The average molecular weight is 314 g/mol. The molecule has 0 aliphatic carbocycles. The highest BCUT2D eigenvalue weighted by Gasteiger charge is 2.15. The summed E-state index contributed by atoms with van der Waals surface area (Å²) in [5.41, 5.74) is 0.388. The van der Waals surface area contributed by atoms with Crippen LogP contribution in [0.4, 0.5) is 5.69 Å². The molecule has 20 heavy (non-hydrogen) atoms. The van der Waals surface area contributed by atoms with Crippen molar-refractivity contribution in [3.8, 4) is 5.75 Å². The number of phenolic OH excluding ortho intramolecular Hbond substituents is 1. The molecule has 0 bridgehead atoms. The number of unbranched alkanes of at least 4 members (excludes halogenated alkanes) is 1. The number of nitrogens with one attached hydrogen (secondary N) is 1. The highest BCUT2D eigenvalue weighted by molar-refractivity contribution is 7.92. The monoisotopic (exact) mass is 313 g/mol. The first-order chi connectivity index (χ1) is 9.44. The Morgan fingerprint density at radius 1 is 1.25 bits per heavy atom. The van der Waals surface area contributed by atoms with Gasteiger partial charge >= 0.3 is 0 Å². The third-order valence-corrected chi connectivity index (χ3v) is 4.65. The first kappa shape index (κ1) is 14.9. The molecule has 2 N–H and O–H groups in total. The number of anilines is 1. The minimum Gasteiger partial charge on any atom is -0.506 e. The van der Waals surface area contributed by atoms with Gasteiger partial charge < -0.3 is 5.11 Å². The van der Waals surface area contributed by atoms with E-state index in [4.69, 9.17) is 11.6 Å². The van der Waals surface area contributed by atoms with E-state index in [-0.39, 0.29) is 16.5 Å². The Bertz CT molecular complexity index is 729. The second-order valence-corrected chi connectivity index (χ2v) is 6.82. The Hall–Kier alpha value is -1.46. The summed E-state index contributed by atoms with van der Waals surface area (Å²) in [6.45, 7) is 1.93. The van der Waals surface area contributed by atoms with Gasteiger partial charge in [0, 0.05) is 10.8 Å². The van der Waals surface area contributed by atoms with Crippen LogP contribution in [0.3, 0.4) is 0 Å². The lowest BCUT2D eigenvalue weighted by Gasteiger charge is -2.12. The van der Waals surface area contributed by atoms with Crippen molar-refractivity contribution in [2.24, 2.45) is 0 Å². The number of halogens is 1. The van der Waals surface area contributed by atoms with Gasteiger partial charge in [0.05, 0.1) is 16.5 Å². The van der Waals surface area contributed by atoms with Crippen molar-refractivity contribution in [1.29, 1.82) is 0 Å². The zero-order valence-electron chi connectivity index (χ0n) is 11.1. The number of aromatic hydroxyl groups is 1. The van der Waals surface area contributed by atoms with Gasteiger partial charge in [0.25, 0.3) is 0 Å². The predicted molar refractivity (Wildman–Crippen MR) is 82.9 cm³/mol. The largest absolute Gasteiger partial charge is 0.506 e. The van der Waals surface area contributed by atoms with Crippen LogP contribution < -0.4 is 4.72 Å². The normalized spacial score (nSPS) is 11.7. The highest BCUT2D eigenvalue weighted by Crippen LogP contribution is 2.37. The third kappa shape index (κ3) is 3.16. The van der Waals surface area contributed by atoms with E-state index in [9.17, 15) is 13.5 Å². The fourth-order valence-electron chi connectivity index (χ4n) is 1.96. The van der Waals surface area contributed by atoms with Gasteiger partial charge in [0.15, 0.2) is 0 Å². The van der Waals surface area contributed by atoms with Crippen molar-refractivity contribution >= 4 is 38.1 Å². The molecule has 0 amide bonds. The second kappa shape index (κ2) is 5.89. The molecule has 0 radical (unpaired) electrons. The van der Waals surface area contributed by atoms with E-state index in [2.05, 4.69) is 4.72 Å². The maximum Gasteiger partial charge on any atom is 0.232 e. The number of phenols is 1. The highest BCUT2D eigenvalue weighted by atomic mass is 35.5. The summed E-state index contributed by atoms with van der Waals surface area (Å²) < 4.78 is 26.5. The molecule has 0 saturated carbocycles. The maximum absolute atomic E-state index is 12.0. The molecule has 0 unspecified atom stereocenters. The number of rotatable bonds is 5. The van der Waals surface area contributed by atoms with Gasteiger partial charge in [-0.2, -0.15) is 0 Å². The van der Waals surface area contributed by atoms with E-state index in [0.717, 1.165) is 6.42 Å². The maximum atomic E-state index is 12.0. The van der Waals surface area contributed by atoms with Crippen LogP contribution >= 0.6 is 11.6 Å². The third-order valence-electron chi connectivity index (χ3n) is 3.00. The van der Waals surface area contributed by atoms with E-state index < -0.39 is 10.0 Å². The zero-order chi connectivity index (χ0) is 14.8. The fourth-order valence-corrected chi connectivity index (χ4v) is 3.45. The lowest BCUT2D eigenvalue weighted by Crippen LogP contribution is -2.16. The Kier molecular flexibility index (Phi) is 4.40. The summed E-state index contributed by atoms with van der Waals surface area (Å²) in [6.07, 6.45) is 1.40. The molecule has 2 rings (SSSR count). The topological polar surface area (TPSA) is 66.4 Å². The van der Waals surface area contributed by atoms with Gasteiger partial charge in [-0.25, -0.2) is 8.42 Å². The molecule has 2 aromatic rings. The van der Waals surface area contributed by atoms with Crippen molar-refractivity contribution in [2.75, 3.05) is 10.5 Å². The number of benzene rings is 2. The van der Waals surface area contributed by atoms with Gasteiger partial charge in [-0.05, 0) is 12.5 Å². The minimum absolute atomic E-state index is 0.0428. The summed E-state index contributed by atoms with van der Waals surface area (Å²) in [6, 6.07) is 8.40. The molecule has 0 saturated heterocycles. The minimum atomic E-state index is -3.41. The Balaban J connectivity index is 2.48. The smallest absolute Gasteiger partial charge is 0.232 e. The second-order valence-electron chi connectivity index (χ2n) is 4.57. The number of sulfonamides is 1. The first-order valence-corrected chi connectivity index (χ1v) is 8.38. The Morgan fingerprint density at radius 3 is 2.55 bits per heavy atom. The number of fused-ring (bicyclic) bond motifs is 1. The molecule has 0 spiro atoms. The standard InChI is InChI=1S/C14H16ClNO3S/c1-2-3-8-20(18,19)16-13-9-12(15)14(17)11-7-5-4-6-10(11)13/h4-7,9,16-17H,2-3,8H2,1H3. The summed E-state index contributed by atoms with van der Waals surface area (Å²) in [7, 11) is -3.41. The molecule has 2 aromatic carbocycles. The summed E-state index contributed by atoms with van der Waals surface area (Å²) >= 11 is 5.94. The van der Waals surface area contributed by atoms with Crippen molar-refractivity contribution in [3.05, 3.63) is 35.4 Å². The summed E-state index contributed by atoms with van der Waals surface area (Å²) in [5, 5.41) is 11.2. The Labute approximate surface area is 123 Å². The van der Waals surface area contributed by atoms with E-state index in [1.165, 1.54) is 6.07 Å². The molecule has 4 nitrogen and oxygen atoms in total. The van der Waals surface area contributed by atoms with Crippen LogP contribution in [0.1, 0.15) is 19.8 Å². The molecule has 0 aromatic heterocycles. The Morgan fingerprint density at radius 2 is 1.90 bits per heavy atom. The molecule has 108 valence electrons. The van der Waals surface area contributed by atoms with Gasteiger partial charge in [0.2, 0.25) is 10.0 Å². The SMILES string of the molecule is CCCCS(=O)(=O)Nc1cc(Cl)c(O)c2ccccc12. The van der Waals surface area contributed by atoms with Crippen molar-refractivity contribution in [3.63, 3.8) is 0 Å². The predicted octanol–water partition coefficient (Wildman–Crippen LogP) is 3.74. The van der Waals surface area contributed by atoms with Crippen LogP contribution in [-0.2, 0) is 10.0 Å².